The molecule has 1 saturated carbocycles. The normalized spacial score (nSPS) is 39.8. The number of allylic oxidation sites excluding steroid dienone is 1. The van der Waals surface area contributed by atoms with Crippen LogP contribution in [0, 0.1) is 23.7 Å². The van der Waals surface area contributed by atoms with Crippen LogP contribution < -0.4 is 0 Å². The topological polar surface area (TPSA) is 12.4 Å². The van der Waals surface area contributed by atoms with Gasteiger partial charge < -0.3 is 0 Å². The zero-order valence-corrected chi connectivity index (χ0v) is 12.9. The quantitative estimate of drug-likeness (QED) is 0.393. The van der Waals surface area contributed by atoms with Gasteiger partial charge in [0.1, 0.15) is 0 Å². The van der Waals surface area contributed by atoms with Gasteiger partial charge in [-0.25, -0.2) is 4.99 Å². The fraction of sp³-hybridized carbons (Fsp3) is 0.812. The molecule has 0 N–H and O–H groups in total. The van der Waals surface area contributed by atoms with E-state index in [1.165, 1.54) is 12.8 Å². The van der Waals surface area contributed by atoms with E-state index in [4.69, 9.17) is 12.2 Å². The maximum atomic E-state index is 4.82. The molecule has 1 nitrogen and oxygen atoms in total. The van der Waals surface area contributed by atoms with Crippen LogP contribution in [0.1, 0.15) is 53.4 Å². The Labute approximate surface area is 117 Å². The molecule has 2 aliphatic rings. The Kier molecular flexibility index (Phi) is 4.08. The summed E-state index contributed by atoms with van der Waals surface area (Å²) in [4.78, 5) is 4.45. The number of hydrogen-bond acceptors (Lipinski definition) is 2. The Bertz CT molecular complexity index is 392. The van der Waals surface area contributed by atoms with Crippen molar-refractivity contribution < 1.29 is 0 Å². The van der Waals surface area contributed by atoms with Crippen LogP contribution in [-0.4, -0.2) is 10.7 Å². The molecule has 2 heteroatoms. The fourth-order valence-corrected chi connectivity index (χ4v) is 4.16. The number of aliphatic imine (C=N–C) groups is 1. The minimum absolute atomic E-state index is 0.000116. The average molecular weight is 263 g/mol. The lowest BCUT2D eigenvalue weighted by atomic mass is 9.61. The lowest BCUT2D eigenvalue weighted by molar-refractivity contribution is 0.160. The van der Waals surface area contributed by atoms with Crippen molar-refractivity contribution in [3.05, 3.63) is 11.6 Å². The van der Waals surface area contributed by atoms with Crippen molar-refractivity contribution in [1.82, 2.24) is 0 Å². The van der Waals surface area contributed by atoms with Crippen molar-refractivity contribution in [2.75, 3.05) is 0 Å². The van der Waals surface area contributed by atoms with Crippen molar-refractivity contribution in [2.45, 2.75) is 58.9 Å². The second kappa shape index (κ2) is 5.27. The van der Waals surface area contributed by atoms with Crippen molar-refractivity contribution in [1.29, 1.82) is 0 Å². The van der Waals surface area contributed by atoms with Gasteiger partial charge in [-0.2, -0.15) is 0 Å². The molecule has 0 aromatic rings. The van der Waals surface area contributed by atoms with E-state index in [0.29, 0.717) is 0 Å². The maximum Gasteiger partial charge on any atom is 0.0723 e. The summed E-state index contributed by atoms with van der Waals surface area (Å²) in [6, 6.07) is 0. The van der Waals surface area contributed by atoms with Gasteiger partial charge in [0.2, 0.25) is 0 Å². The van der Waals surface area contributed by atoms with Crippen LogP contribution >= 0.6 is 12.2 Å². The van der Waals surface area contributed by atoms with Gasteiger partial charge in [-0.3, -0.25) is 0 Å². The molecule has 0 spiro atoms. The van der Waals surface area contributed by atoms with Crippen molar-refractivity contribution in [3.63, 3.8) is 0 Å². The largest absolute Gasteiger partial charge is 0.226 e. The smallest absolute Gasteiger partial charge is 0.0723 e. The highest BCUT2D eigenvalue weighted by molar-refractivity contribution is 7.78. The van der Waals surface area contributed by atoms with Crippen LogP contribution in [-0.2, 0) is 0 Å². The zero-order valence-electron chi connectivity index (χ0n) is 12.1. The summed E-state index contributed by atoms with van der Waals surface area (Å²) in [6.45, 7) is 9.36. The van der Waals surface area contributed by atoms with Crippen molar-refractivity contribution >= 4 is 17.4 Å². The van der Waals surface area contributed by atoms with Gasteiger partial charge in [0.25, 0.3) is 0 Å². The molecule has 0 bridgehead atoms. The third kappa shape index (κ3) is 2.60. The molecule has 0 radical (unpaired) electrons. The number of nitrogens with zero attached hydrogens (tertiary/aromatic N) is 1. The first-order chi connectivity index (χ1) is 8.47. The summed E-state index contributed by atoms with van der Waals surface area (Å²) in [5.74, 6) is 3.09. The Morgan fingerprint density at radius 1 is 1.44 bits per heavy atom. The van der Waals surface area contributed by atoms with Gasteiger partial charge in [-0.15, -0.1) is 0 Å². The standard InChI is InChI=1S/C16H25NS/c1-11(2)13-6-5-12(3)14-7-8-16(4,17-10-18)9-15(13)14/h7,11-13,15H,5-6,8-9H2,1-4H3/t12-,13-,15+,16+/m1/s1. The van der Waals surface area contributed by atoms with Crippen LogP contribution in [0.4, 0.5) is 0 Å². The van der Waals surface area contributed by atoms with Crippen LogP contribution in [0.5, 0.6) is 0 Å². The highest BCUT2D eigenvalue weighted by Gasteiger charge is 2.41. The number of fused-ring (bicyclic) bond motifs is 1. The molecule has 0 aromatic heterocycles. The van der Waals surface area contributed by atoms with E-state index in [1.54, 1.807) is 5.57 Å². The summed E-state index contributed by atoms with van der Waals surface area (Å²) < 4.78 is 0. The van der Waals surface area contributed by atoms with Gasteiger partial charge in [0.05, 0.1) is 10.7 Å². The molecule has 1 fully saturated rings. The second-order valence-corrected chi connectivity index (χ2v) is 6.99. The number of thiocarbonyl (C=S) groups is 1. The number of hydrogen-bond donors (Lipinski definition) is 0. The molecule has 0 aliphatic heterocycles. The van der Waals surface area contributed by atoms with Crippen molar-refractivity contribution in [2.24, 2.45) is 28.7 Å². The van der Waals surface area contributed by atoms with Gasteiger partial charge in [0, 0.05) is 0 Å². The van der Waals surface area contributed by atoms with E-state index < -0.39 is 0 Å². The van der Waals surface area contributed by atoms with Gasteiger partial charge >= 0.3 is 0 Å². The molecule has 4 atom stereocenters. The Hall–Kier alpha value is -0.460. The first-order valence-corrected chi connectivity index (χ1v) is 7.66. The van der Waals surface area contributed by atoms with E-state index in [2.05, 4.69) is 43.9 Å². The molecule has 0 amide bonds. The molecule has 2 aliphatic carbocycles. The summed E-state index contributed by atoms with van der Waals surface area (Å²) >= 11 is 4.82. The molecule has 0 heterocycles. The molecule has 18 heavy (non-hydrogen) atoms. The van der Waals surface area contributed by atoms with Crippen LogP contribution in [0.3, 0.4) is 0 Å². The van der Waals surface area contributed by atoms with Gasteiger partial charge in [0.15, 0.2) is 0 Å². The molecule has 2 rings (SSSR count). The average Bonchev–Trinajstić information content (AvgIpc) is 2.28. The number of rotatable bonds is 2. The van der Waals surface area contributed by atoms with E-state index in [0.717, 1.165) is 36.5 Å². The molecule has 0 unspecified atom stereocenters. The molecule has 100 valence electrons. The van der Waals surface area contributed by atoms with Gasteiger partial charge in [-0.1, -0.05) is 32.4 Å². The first kappa shape index (κ1) is 14.0. The highest BCUT2D eigenvalue weighted by Crippen LogP contribution is 2.49. The molecule has 0 aromatic carbocycles. The lowest BCUT2D eigenvalue weighted by Gasteiger charge is -2.45. The Balaban J connectivity index is 2.30. The second-order valence-electron chi connectivity index (χ2n) is 6.81. The molecular weight excluding hydrogens is 238 g/mol. The van der Waals surface area contributed by atoms with Crippen LogP contribution in [0.2, 0.25) is 0 Å². The maximum absolute atomic E-state index is 4.82. The fourth-order valence-electron chi connectivity index (χ4n) is 3.94. The monoisotopic (exact) mass is 263 g/mol. The van der Waals surface area contributed by atoms with Crippen molar-refractivity contribution in [3.8, 4) is 0 Å². The summed E-state index contributed by atoms with van der Waals surface area (Å²) in [6.07, 6.45) is 7.40. The first-order valence-electron chi connectivity index (χ1n) is 7.26. The van der Waals surface area contributed by atoms with E-state index in [9.17, 15) is 0 Å². The third-order valence-corrected chi connectivity index (χ3v) is 5.15. The van der Waals surface area contributed by atoms with E-state index in [1.807, 2.05) is 0 Å². The van der Waals surface area contributed by atoms with Crippen LogP contribution in [0.15, 0.2) is 16.6 Å². The minimum Gasteiger partial charge on any atom is -0.226 e. The lowest BCUT2D eigenvalue weighted by Crippen LogP contribution is -2.39. The summed E-state index contributed by atoms with van der Waals surface area (Å²) in [5.41, 5.74) is 1.71. The summed E-state index contributed by atoms with van der Waals surface area (Å²) in [7, 11) is 0. The Morgan fingerprint density at radius 3 is 2.78 bits per heavy atom. The third-order valence-electron chi connectivity index (χ3n) is 5.06. The predicted molar refractivity (Wildman–Crippen MR) is 81.0 cm³/mol. The molecule has 0 saturated heterocycles. The van der Waals surface area contributed by atoms with E-state index >= 15 is 0 Å². The van der Waals surface area contributed by atoms with E-state index in [-0.39, 0.29) is 5.54 Å². The Morgan fingerprint density at radius 2 is 2.17 bits per heavy atom. The predicted octanol–water partition coefficient (Wildman–Crippen LogP) is 4.89. The van der Waals surface area contributed by atoms with Gasteiger partial charge in [-0.05, 0) is 68.5 Å². The SMILES string of the molecule is CC(C)[C@H]1CC[C@@H](C)C2=CC[C@](C)(N=C=S)C[C@H]21. The van der Waals surface area contributed by atoms with Crippen LogP contribution in [0.25, 0.3) is 0 Å². The minimum atomic E-state index is 0.000116. The number of isothiocyanates is 1. The zero-order chi connectivity index (χ0) is 13.3. The summed E-state index contributed by atoms with van der Waals surface area (Å²) in [5, 5.41) is 2.61. The molecular formula is C16H25NS. The highest BCUT2D eigenvalue weighted by atomic mass is 32.1.